The second-order valence-corrected chi connectivity index (χ2v) is 10.6. The summed E-state index contributed by atoms with van der Waals surface area (Å²) < 4.78 is 38.6. The van der Waals surface area contributed by atoms with Gasteiger partial charge in [-0.1, -0.05) is 36.4 Å². The van der Waals surface area contributed by atoms with Crippen LogP contribution in [0.15, 0.2) is 82.8 Å². The van der Waals surface area contributed by atoms with Gasteiger partial charge in [-0.2, -0.15) is 5.26 Å². The first-order chi connectivity index (χ1) is 19.9. The first-order valence-electron chi connectivity index (χ1n) is 13.3. The van der Waals surface area contributed by atoms with Gasteiger partial charge in [0, 0.05) is 41.8 Å². The van der Waals surface area contributed by atoms with Crippen molar-refractivity contribution in [1.82, 2.24) is 15.1 Å². The van der Waals surface area contributed by atoms with E-state index in [9.17, 15) is 33.7 Å². The maximum absolute atomic E-state index is 13.8. The number of hydrogen-bond acceptors (Lipinski definition) is 8. The number of furan rings is 1. The Bertz CT molecular complexity index is 1490. The molecule has 0 unspecified atom stereocenters. The molecule has 220 valence electrons. The fourth-order valence-corrected chi connectivity index (χ4v) is 4.85. The summed E-state index contributed by atoms with van der Waals surface area (Å²) in [5, 5.41) is 33.0. The van der Waals surface area contributed by atoms with Crippen LogP contribution in [0, 0.1) is 11.3 Å². The maximum Gasteiger partial charge on any atom is 0.454 e. The molecule has 0 spiro atoms. The number of alkyl carbamates (subject to hydrolysis) is 1. The zero-order valence-electron chi connectivity index (χ0n) is 23.2. The second kappa shape index (κ2) is 12.7. The minimum atomic E-state index is -2.84. The molecule has 0 aliphatic carbocycles. The SMILES string of the molecule is CC(C)(C=C(C#N)C(=O)N1C=CC=CC=C1COC(=O)N[C@H](CB(O)O)c1occ2ccccc12)N1CCC(F)(F)C1. The number of alkyl halides is 2. The molecule has 10 nitrogen and oxygen atoms in total. The number of halogens is 2. The van der Waals surface area contributed by atoms with Gasteiger partial charge < -0.3 is 24.5 Å². The maximum atomic E-state index is 13.8. The predicted octanol–water partition coefficient (Wildman–Crippen LogP) is 4.04. The normalized spacial score (nSPS) is 17.9. The first kappa shape index (κ1) is 30.7. The molecular weight excluding hydrogens is 549 g/mol. The lowest BCUT2D eigenvalue weighted by molar-refractivity contribution is -0.123. The van der Waals surface area contributed by atoms with Crippen LogP contribution in [-0.4, -0.2) is 70.1 Å². The van der Waals surface area contributed by atoms with Crippen molar-refractivity contribution in [3.63, 3.8) is 0 Å². The molecule has 1 fully saturated rings. The van der Waals surface area contributed by atoms with Gasteiger partial charge in [0.1, 0.15) is 24.0 Å². The van der Waals surface area contributed by atoms with Gasteiger partial charge in [0.05, 0.1) is 24.5 Å². The van der Waals surface area contributed by atoms with E-state index < -0.39 is 43.2 Å². The van der Waals surface area contributed by atoms with Crippen molar-refractivity contribution < 1.29 is 37.6 Å². The van der Waals surface area contributed by atoms with E-state index in [1.165, 1.54) is 29.5 Å². The van der Waals surface area contributed by atoms with Crippen molar-refractivity contribution in [3.8, 4) is 6.07 Å². The summed E-state index contributed by atoms with van der Waals surface area (Å²) >= 11 is 0. The lowest BCUT2D eigenvalue weighted by Gasteiger charge is -2.33. The highest BCUT2D eigenvalue weighted by Crippen LogP contribution is 2.33. The Morgan fingerprint density at radius 1 is 1.29 bits per heavy atom. The number of amides is 2. The van der Waals surface area contributed by atoms with Crippen molar-refractivity contribution in [2.24, 2.45) is 0 Å². The topological polar surface area (TPSA) is 139 Å². The Kier molecular flexibility index (Phi) is 9.31. The number of hydrogen-bond donors (Lipinski definition) is 3. The van der Waals surface area contributed by atoms with Gasteiger partial charge >= 0.3 is 13.2 Å². The lowest BCUT2D eigenvalue weighted by Crippen LogP contribution is -2.43. The average Bonchev–Trinajstić information content (AvgIpc) is 3.45. The third-order valence-electron chi connectivity index (χ3n) is 7.05. The van der Waals surface area contributed by atoms with Crippen molar-refractivity contribution in [2.45, 2.75) is 44.1 Å². The standard InChI is InChI=1S/C29H31BF2N4O6/c1-28(2,35-13-11-29(31,32)19-35)14-21(16-33)26(37)36-12-7-3-4-9-22(36)18-42-27(38)34-24(15-30(39)40)25-23-10-6-5-8-20(23)17-41-25/h3-10,12,14,17,24,39-40H,11,13,15,18-19H2,1-2H3,(H,34,38)/t24-/m1/s1. The number of likely N-dealkylation sites (tertiary alicyclic amines) is 1. The highest BCUT2D eigenvalue weighted by molar-refractivity contribution is 6.41. The van der Waals surface area contributed by atoms with Crippen molar-refractivity contribution >= 4 is 29.9 Å². The summed E-state index contributed by atoms with van der Waals surface area (Å²) in [4.78, 5) is 28.9. The van der Waals surface area contributed by atoms with Crippen LogP contribution in [0.1, 0.15) is 32.1 Å². The van der Waals surface area contributed by atoms with Crippen LogP contribution in [0.5, 0.6) is 0 Å². The van der Waals surface area contributed by atoms with E-state index in [0.717, 1.165) is 10.3 Å². The van der Waals surface area contributed by atoms with Crippen LogP contribution in [-0.2, 0) is 9.53 Å². The van der Waals surface area contributed by atoms with E-state index in [-0.39, 0.29) is 37.2 Å². The van der Waals surface area contributed by atoms with Gasteiger partial charge in [-0.15, -0.1) is 0 Å². The molecule has 2 aliphatic rings. The van der Waals surface area contributed by atoms with Gasteiger partial charge in [0.2, 0.25) is 0 Å². The molecule has 0 saturated carbocycles. The summed E-state index contributed by atoms with van der Waals surface area (Å²) in [6.45, 7) is 2.57. The molecule has 1 aromatic heterocycles. The van der Waals surface area contributed by atoms with Crippen molar-refractivity contribution in [1.29, 1.82) is 5.26 Å². The van der Waals surface area contributed by atoms with E-state index in [0.29, 0.717) is 11.1 Å². The number of carbonyl (C=O) groups excluding carboxylic acids is 2. The number of carbonyl (C=O) groups is 2. The Labute approximate surface area is 242 Å². The predicted molar refractivity (Wildman–Crippen MR) is 151 cm³/mol. The summed E-state index contributed by atoms with van der Waals surface area (Å²) in [6.07, 6.45) is 9.11. The van der Waals surface area contributed by atoms with Gasteiger partial charge in [0.25, 0.3) is 11.8 Å². The number of nitrogens with one attached hydrogen (secondary N) is 1. The molecule has 2 aromatic rings. The number of nitrogens with zero attached hydrogens (tertiary/aromatic N) is 3. The Balaban J connectivity index is 1.47. The molecule has 1 saturated heterocycles. The van der Waals surface area contributed by atoms with Crippen LogP contribution < -0.4 is 5.32 Å². The number of rotatable bonds is 9. The van der Waals surface area contributed by atoms with Crippen LogP contribution in [0.3, 0.4) is 0 Å². The smallest absolute Gasteiger partial charge is 0.454 e. The highest BCUT2D eigenvalue weighted by atomic mass is 19.3. The van der Waals surface area contributed by atoms with Crippen molar-refractivity contribution in [2.75, 3.05) is 19.7 Å². The van der Waals surface area contributed by atoms with E-state index >= 15 is 0 Å². The quantitative estimate of drug-likeness (QED) is 0.230. The number of benzene rings is 1. The Morgan fingerprint density at radius 2 is 2.05 bits per heavy atom. The largest absolute Gasteiger partial charge is 0.466 e. The van der Waals surface area contributed by atoms with Crippen LogP contribution >= 0.6 is 0 Å². The summed E-state index contributed by atoms with van der Waals surface area (Å²) in [7, 11) is -1.75. The lowest BCUT2D eigenvalue weighted by atomic mass is 9.80. The number of nitriles is 1. The molecule has 4 rings (SSSR count). The molecule has 13 heteroatoms. The van der Waals surface area contributed by atoms with E-state index in [1.54, 1.807) is 44.2 Å². The van der Waals surface area contributed by atoms with Gasteiger partial charge in [-0.3, -0.25) is 14.6 Å². The Hall–Kier alpha value is -4.25. The molecule has 2 amide bonds. The molecule has 1 atom stereocenters. The second-order valence-electron chi connectivity index (χ2n) is 10.6. The van der Waals surface area contributed by atoms with Gasteiger partial charge in [-0.05, 0) is 32.1 Å². The van der Waals surface area contributed by atoms with E-state index in [2.05, 4.69) is 5.32 Å². The van der Waals surface area contributed by atoms with Crippen LogP contribution in [0.2, 0.25) is 6.32 Å². The Morgan fingerprint density at radius 3 is 2.74 bits per heavy atom. The van der Waals surface area contributed by atoms with Crippen LogP contribution in [0.4, 0.5) is 13.6 Å². The summed E-state index contributed by atoms with van der Waals surface area (Å²) in [6, 6.07) is 8.11. The van der Waals surface area contributed by atoms with Crippen molar-refractivity contribution in [3.05, 3.63) is 84.1 Å². The van der Waals surface area contributed by atoms with Crippen LogP contribution in [0.25, 0.3) is 10.8 Å². The fourth-order valence-electron chi connectivity index (χ4n) is 4.85. The molecule has 0 bridgehead atoms. The molecular formula is C29H31BF2N4O6. The minimum Gasteiger partial charge on any atom is -0.466 e. The van der Waals surface area contributed by atoms with E-state index in [1.807, 2.05) is 18.2 Å². The molecule has 1 aromatic carbocycles. The zero-order valence-corrected chi connectivity index (χ0v) is 23.2. The van der Waals surface area contributed by atoms with E-state index in [4.69, 9.17) is 9.15 Å². The first-order valence-corrected chi connectivity index (χ1v) is 13.3. The summed E-state index contributed by atoms with van der Waals surface area (Å²) in [5.41, 5.74) is -1.05. The number of allylic oxidation sites excluding steroid dienone is 4. The molecule has 42 heavy (non-hydrogen) atoms. The third kappa shape index (κ3) is 7.33. The van der Waals surface area contributed by atoms with Gasteiger partial charge in [-0.25, -0.2) is 13.6 Å². The molecule has 3 heterocycles. The molecule has 0 radical (unpaired) electrons. The monoisotopic (exact) mass is 580 g/mol. The van der Waals surface area contributed by atoms with Gasteiger partial charge in [0.15, 0.2) is 0 Å². The third-order valence-corrected chi connectivity index (χ3v) is 7.05. The fraction of sp³-hybridized carbons (Fsp3) is 0.345. The number of fused-ring (bicyclic) bond motifs is 1. The molecule has 2 aliphatic heterocycles. The summed E-state index contributed by atoms with van der Waals surface area (Å²) in [5.74, 6) is -3.25. The zero-order chi connectivity index (χ0) is 30.5. The number of ether oxygens (including phenoxy) is 1. The minimum absolute atomic E-state index is 0.118. The average molecular weight is 580 g/mol. The highest BCUT2D eigenvalue weighted by Gasteiger charge is 2.43. The molecule has 3 N–H and O–H groups in total.